The van der Waals surface area contributed by atoms with E-state index in [1.54, 1.807) is 0 Å². The van der Waals surface area contributed by atoms with Crippen LogP contribution in [0.1, 0.15) is 30.9 Å². The minimum Gasteiger partial charge on any atom is -0.379 e. The van der Waals surface area contributed by atoms with Crippen molar-refractivity contribution in [2.24, 2.45) is 5.73 Å². The molecule has 0 aromatic heterocycles. The molecule has 3 heteroatoms. The van der Waals surface area contributed by atoms with Gasteiger partial charge in [0.2, 0.25) is 0 Å². The minimum absolute atomic E-state index is 0.439. The number of morpholine rings is 1. The van der Waals surface area contributed by atoms with E-state index in [0.29, 0.717) is 18.5 Å². The Labute approximate surface area is 116 Å². The van der Waals surface area contributed by atoms with E-state index >= 15 is 0 Å². The lowest BCUT2D eigenvalue weighted by atomic mass is 9.98. The number of nitrogens with two attached hydrogens (primary N) is 1. The standard InChI is InChI=1S/C16H26N2O/c1-13(2)15-5-3-14(4-6-15)11-16(12-17)18-7-9-19-10-8-18/h3-6,13,16H,7-12,17H2,1-2H3. The molecule has 1 aliphatic rings. The Balaban J connectivity index is 1.97. The maximum absolute atomic E-state index is 5.95. The minimum atomic E-state index is 0.439. The molecule has 3 nitrogen and oxygen atoms in total. The maximum atomic E-state index is 5.95. The van der Waals surface area contributed by atoms with Crippen molar-refractivity contribution in [3.05, 3.63) is 35.4 Å². The highest BCUT2D eigenvalue weighted by Gasteiger charge is 2.19. The third-order valence-corrected chi connectivity index (χ3v) is 3.95. The van der Waals surface area contributed by atoms with E-state index in [-0.39, 0.29) is 0 Å². The molecular formula is C16H26N2O. The summed E-state index contributed by atoms with van der Waals surface area (Å²) in [5.74, 6) is 0.596. The lowest BCUT2D eigenvalue weighted by Gasteiger charge is -2.34. The molecule has 1 atom stereocenters. The smallest absolute Gasteiger partial charge is 0.0594 e. The first kappa shape index (κ1) is 14.5. The van der Waals surface area contributed by atoms with Crippen LogP contribution in [-0.4, -0.2) is 43.8 Å². The second-order valence-corrected chi connectivity index (χ2v) is 5.64. The lowest BCUT2D eigenvalue weighted by molar-refractivity contribution is 0.0184. The average Bonchev–Trinajstić information content (AvgIpc) is 2.46. The third-order valence-electron chi connectivity index (χ3n) is 3.95. The van der Waals surface area contributed by atoms with Gasteiger partial charge in [-0.2, -0.15) is 0 Å². The largest absolute Gasteiger partial charge is 0.379 e. The van der Waals surface area contributed by atoms with Gasteiger partial charge in [-0.25, -0.2) is 0 Å². The molecule has 106 valence electrons. The van der Waals surface area contributed by atoms with Gasteiger partial charge in [0, 0.05) is 25.7 Å². The number of nitrogens with zero attached hydrogens (tertiary/aromatic N) is 1. The monoisotopic (exact) mass is 262 g/mol. The van der Waals surface area contributed by atoms with Gasteiger partial charge >= 0.3 is 0 Å². The molecule has 0 spiro atoms. The summed E-state index contributed by atoms with van der Waals surface area (Å²) in [5, 5.41) is 0. The molecule has 2 rings (SSSR count). The fourth-order valence-corrected chi connectivity index (χ4v) is 2.61. The van der Waals surface area contributed by atoms with Gasteiger partial charge in [-0.1, -0.05) is 38.1 Å². The van der Waals surface area contributed by atoms with Crippen LogP contribution in [0.25, 0.3) is 0 Å². The SMILES string of the molecule is CC(C)c1ccc(CC(CN)N2CCOCC2)cc1. The van der Waals surface area contributed by atoms with Crippen molar-refractivity contribution in [1.29, 1.82) is 0 Å². The van der Waals surface area contributed by atoms with E-state index in [9.17, 15) is 0 Å². The molecule has 2 N–H and O–H groups in total. The quantitative estimate of drug-likeness (QED) is 0.882. The first-order valence-electron chi connectivity index (χ1n) is 7.31. The van der Waals surface area contributed by atoms with E-state index < -0.39 is 0 Å². The van der Waals surface area contributed by atoms with Crippen LogP contribution >= 0.6 is 0 Å². The van der Waals surface area contributed by atoms with Gasteiger partial charge in [0.1, 0.15) is 0 Å². The Morgan fingerprint density at radius 3 is 2.32 bits per heavy atom. The predicted octanol–water partition coefficient (Wildman–Crippen LogP) is 2.01. The van der Waals surface area contributed by atoms with E-state index in [1.165, 1.54) is 11.1 Å². The molecule has 1 heterocycles. The number of hydrogen-bond acceptors (Lipinski definition) is 3. The Bertz CT molecular complexity index is 369. The summed E-state index contributed by atoms with van der Waals surface area (Å²) < 4.78 is 5.40. The van der Waals surface area contributed by atoms with Crippen LogP contribution in [0.2, 0.25) is 0 Å². The molecule has 1 aromatic rings. The summed E-state index contributed by atoms with van der Waals surface area (Å²) in [6.45, 7) is 8.85. The summed E-state index contributed by atoms with van der Waals surface area (Å²) >= 11 is 0. The molecule has 0 saturated carbocycles. The second kappa shape index (κ2) is 7.04. The van der Waals surface area contributed by atoms with Crippen LogP contribution in [-0.2, 0) is 11.2 Å². The van der Waals surface area contributed by atoms with Gasteiger partial charge in [-0.05, 0) is 23.5 Å². The van der Waals surface area contributed by atoms with Crippen LogP contribution in [0.3, 0.4) is 0 Å². The molecule has 0 aliphatic carbocycles. The molecule has 0 amide bonds. The van der Waals surface area contributed by atoms with Crippen LogP contribution in [0.5, 0.6) is 0 Å². The Morgan fingerprint density at radius 2 is 1.79 bits per heavy atom. The molecule has 19 heavy (non-hydrogen) atoms. The number of ether oxygens (including phenoxy) is 1. The van der Waals surface area contributed by atoms with E-state index in [4.69, 9.17) is 10.5 Å². The summed E-state index contributed by atoms with van der Waals surface area (Å²) in [7, 11) is 0. The van der Waals surface area contributed by atoms with Crippen molar-refractivity contribution in [1.82, 2.24) is 4.90 Å². The number of rotatable bonds is 5. The topological polar surface area (TPSA) is 38.5 Å². The average molecular weight is 262 g/mol. The Morgan fingerprint density at radius 1 is 1.16 bits per heavy atom. The highest BCUT2D eigenvalue weighted by atomic mass is 16.5. The van der Waals surface area contributed by atoms with Crippen molar-refractivity contribution in [2.45, 2.75) is 32.2 Å². The summed E-state index contributed by atoms with van der Waals surface area (Å²) in [5.41, 5.74) is 8.73. The van der Waals surface area contributed by atoms with E-state index in [0.717, 1.165) is 32.7 Å². The van der Waals surface area contributed by atoms with E-state index in [1.807, 2.05) is 0 Å². The third kappa shape index (κ3) is 4.03. The molecule has 1 aromatic carbocycles. The molecule has 0 bridgehead atoms. The fourth-order valence-electron chi connectivity index (χ4n) is 2.61. The molecular weight excluding hydrogens is 236 g/mol. The molecule has 1 fully saturated rings. The zero-order chi connectivity index (χ0) is 13.7. The van der Waals surface area contributed by atoms with Crippen molar-refractivity contribution >= 4 is 0 Å². The first-order valence-corrected chi connectivity index (χ1v) is 7.31. The Kier molecular flexibility index (Phi) is 5.37. The summed E-state index contributed by atoms with van der Waals surface area (Å²) in [4.78, 5) is 2.46. The second-order valence-electron chi connectivity index (χ2n) is 5.64. The van der Waals surface area contributed by atoms with Crippen LogP contribution in [0, 0.1) is 0 Å². The van der Waals surface area contributed by atoms with Crippen LogP contribution in [0.15, 0.2) is 24.3 Å². The highest BCUT2D eigenvalue weighted by molar-refractivity contribution is 5.25. The number of hydrogen-bond donors (Lipinski definition) is 1. The van der Waals surface area contributed by atoms with Crippen molar-refractivity contribution in [2.75, 3.05) is 32.8 Å². The predicted molar refractivity (Wildman–Crippen MR) is 79.5 cm³/mol. The zero-order valence-corrected chi connectivity index (χ0v) is 12.1. The van der Waals surface area contributed by atoms with Gasteiger partial charge in [-0.3, -0.25) is 4.90 Å². The first-order chi connectivity index (χ1) is 9.20. The van der Waals surface area contributed by atoms with E-state index in [2.05, 4.69) is 43.0 Å². The zero-order valence-electron chi connectivity index (χ0n) is 12.1. The van der Waals surface area contributed by atoms with Crippen LogP contribution < -0.4 is 5.73 Å². The lowest BCUT2D eigenvalue weighted by Crippen LogP contribution is -2.47. The van der Waals surface area contributed by atoms with Crippen molar-refractivity contribution in [3.63, 3.8) is 0 Å². The van der Waals surface area contributed by atoms with Gasteiger partial charge in [0.15, 0.2) is 0 Å². The van der Waals surface area contributed by atoms with Gasteiger partial charge in [0.25, 0.3) is 0 Å². The molecule has 0 radical (unpaired) electrons. The van der Waals surface area contributed by atoms with Crippen LogP contribution in [0.4, 0.5) is 0 Å². The number of benzene rings is 1. The molecule has 1 aliphatic heterocycles. The van der Waals surface area contributed by atoms with Gasteiger partial charge in [-0.15, -0.1) is 0 Å². The normalized spacial score (nSPS) is 18.7. The van der Waals surface area contributed by atoms with Gasteiger partial charge < -0.3 is 10.5 Å². The maximum Gasteiger partial charge on any atom is 0.0594 e. The van der Waals surface area contributed by atoms with Gasteiger partial charge in [0.05, 0.1) is 13.2 Å². The Hall–Kier alpha value is -0.900. The van der Waals surface area contributed by atoms with Crippen molar-refractivity contribution in [3.8, 4) is 0 Å². The highest BCUT2D eigenvalue weighted by Crippen LogP contribution is 2.16. The molecule has 1 unspecified atom stereocenters. The molecule has 1 saturated heterocycles. The van der Waals surface area contributed by atoms with Crippen molar-refractivity contribution < 1.29 is 4.74 Å². The summed E-state index contributed by atoms with van der Waals surface area (Å²) in [6.07, 6.45) is 1.04. The fraction of sp³-hybridized carbons (Fsp3) is 0.625. The summed E-state index contributed by atoms with van der Waals surface area (Å²) in [6, 6.07) is 9.42.